The van der Waals surface area contributed by atoms with Crippen LogP contribution < -0.4 is 15.1 Å². The topological polar surface area (TPSA) is 54.0 Å². The number of benzene rings is 3. The lowest BCUT2D eigenvalue weighted by Crippen LogP contribution is -2.67. The van der Waals surface area contributed by atoms with Crippen LogP contribution in [0.25, 0.3) is 0 Å². The summed E-state index contributed by atoms with van der Waals surface area (Å²) in [4.78, 5) is 13.0. The van der Waals surface area contributed by atoms with Crippen LogP contribution in [0.3, 0.4) is 0 Å². The normalized spacial score (nSPS) is 19.2. The van der Waals surface area contributed by atoms with Crippen LogP contribution in [-0.4, -0.2) is 40.2 Å². The summed E-state index contributed by atoms with van der Waals surface area (Å²) in [7, 11) is -1.12. The second-order valence-electron chi connectivity index (χ2n) is 13.6. The highest BCUT2D eigenvalue weighted by molar-refractivity contribution is 6.99. The van der Waals surface area contributed by atoms with Crippen molar-refractivity contribution in [3.05, 3.63) is 103 Å². The minimum Gasteiger partial charge on any atom is -0.497 e. The van der Waals surface area contributed by atoms with Crippen LogP contribution in [0.2, 0.25) is 5.04 Å². The molecule has 0 heterocycles. The van der Waals surface area contributed by atoms with Gasteiger partial charge in [-0.3, -0.25) is 4.79 Å². The van der Waals surface area contributed by atoms with Gasteiger partial charge in [-0.2, -0.15) is 0 Å². The molecule has 230 valence electrons. The number of methoxy groups -OCH3 is 1. The third-order valence-corrected chi connectivity index (χ3v) is 13.4. The second-order valence-corrected chi connectivity index (χ2v) is 17.9. The molecule has 3 aromatic carbocycles. The van der Waals surface area contributed by atoms with Crippen molar-refractivity contribution in [2.45, 2.75) is 71.6 Å². The first kappa shape index (κ1) is 32.7. The van der Waals surface area contributed by atoms with Crippen LogP contribution in [0.5, 0.6) is 5.75 Å². The van der Waals surface area contributed by atoms with Crippen LogP contribution >= 0.6 is 0 Å². The number of ether oxygens (including phenoxy) is 3. The van der Waals surface area contributed by atoms with E-state index in [1.54, 1.807) is 7.11 Å². The zero-order valence-corrected chi connectivity index (χ0v) is 27.9. The lowest BCUT2D eigenvalue weighted by molar-refractivity contribution is -0.175. The minimum absolute atomic E-state index is 0.117. The Bertz CT molecular complexity index is 1300. The lowest BCUT2D eigenvalue weighted by Gasteiger charge is -2.46. The number of rotatable bonds is 11. The molecule has 1 aliphatic rings. The van der Waals surface area contributed by atoms with Crippen molar-refractivity contribution >= 4 is 24.7 Å². The molecule has 0 bridgehead atoms. The van der Waals surface area contributed by atoms with E-state index in [1.807, 2.05) is 45.0 Å². The van der Waals surface area contributed by atoms with E-state index in [4.69, 9.17) is 18.6 Å². The molecule has 0 fully saturated rings. The van der Waals surface area contributed by atoms with Gasteiger partial charge in [0.1, 0.15) is 18.0 Å². The highest BCUT2D eigenvalue weighted by atomic mass is 28.4. The van der Waals surface area contributed by atoms with Gasteiger partial charge in [0, 0.05) is 12.5 Å². The molecule has 0 spiro atoms. The van der Waals surface area contributed by atoms with Crippen LogP contribution in [0.4, 0.5) is 0 Å². The molecule has 4 rings (SSSR count). The van der Waals surface area contributed by atoms with Crippen molar-refractivity contribution in [2.24, 2.45) is 11.3 Å². The largest absolute Gasteiger partial charge is 0.497 e. The molecule has 0 aromatic heterocycles. The maximum atomic E-state index is 13.0. The Morgan fingerprint density at radius 3 is 1.95 bits per heavy atom. The minimum atomic E-state index is -2.78. The Labute approximate surface area is 259 Å². The average Bonchev–Trinajstić information content (AvgIpc) is 3.00. The molecule has 0 saturated heterocycles. The number of hydrogen-bond acceptors (Lipinski definition) is 5. The molecule has 0 N–H and O–H groups in total. The molecule has 0 aliphatic heterocycles. The van der Waals surface area contributed by atoms with E-state index in [-0.39, 0.29) is 23.5 Å². The summed E-state index contributed by atoms with van der Waals surface area (Å²) < 4.78 is 25.6. The smallest absolute Gasteiger partial charge is 0.311 e. The van der Waals surface area contributed by atoms with Gasteiger partial charge in [0.25, 0.3) is 8.32 Å². The molecular weight excluding hydrogens is 552 g/mol. The fraction of sp³-hybridized carbons (Fsp3) is 0.432. The first-order chi connectivity index (χ1) is 20.4. The van der Waals surface area contributed by atoms with Gasteiger partial charge in [-0.15, -0.1) is 0 Å². The molecular formula is C37H48O5Si. The molecule has 3 aromatic rings. The third-order valence-electron chi connectivity index (χ3n) is 8.42. The maximum Gasteiger partial charge on any atom is 0.311 e. The Balaban J connectivity index is 1.71. The first-order valence-electron chi connectivity index (χ1n) is 15.3. The number of hydrogen-bond donors (Lipinski definition) is 0. The van der Waals surface area contributed by atoms with Gasteiger partial charge in [-0.1, -0.05) is 106 Å². The number of allylic oxidation sites excluding steroid dienone is 1. The molecule has 43 heavy (non-hydrogen) atoms. The second kappa shape index (κ2) is 13.6. The van der Waals surface area contributed by atoms with Crippen molar-refractivity contribution < 1.29 is 23.4 Å². The van der Waals surface area contributed by atoms with Crippen molar-refractivity contribution in [1.82, 2.24) is 0 Å². The summed E-state index contributed by atoms with van der Waals surface area (Å²) in [6.45, 7) is 13.5. The quantitative estimate of drug-likeness (QED) is 0.134. The fourth-order valence-electron chi connectivity index (χ4n) is 5.89. The van der Waals surface area contributed by atoms with Gasteiger partial charge in [0.05, 0.1) is 19.1 Å². The standard InChI is InChI=1S/C37H48O5Si/c1-35(2,3)34(38)40-28-37(41-26-29-21-23-31(39-7)24-22-29)25-15-14-16-30(37)27-42-43(36(4,5)6,32-17-10-8-11-18-32)33-19-12-9-13-20-33/h8-14,16-24,30H,15,25-28H2,1-7H3/t30-,37+/m0/s1. The van der Waals surface area contributed by atoms with E-state index in [0.717, 1.165) is 24.2 Å². The summed E-state index contributed by atoms with van der Waals surface area (Å²) in [6, 6.07) is 29.3. The highest BCUT2D eigenvalue weighted by Gasteiger charge is 2.52. The van der Waals surface area contributed by atoms with Gasteiger partial charge in [-0.25, -0.2) is 0 Å². The molecule has 2 atom stereocenters. The molecule has 0 amide bonds. The SMILES string of the molecule is COc1ccc(CO[C@@]2(COC(=O)C(C)(C)C)CCC=C[C@H]2CO[Si](c2ccccc2)(c2ccccc2)C(C)(C)C)cc1. The monoisotopic (exact) mass is 600 g/mol. The Morgan fingerprint density at radius 2 is 1.44 bits per heavy atom. The van der Waals surface area contributed by atoms with Crippen LogP contribution in [-0.2, 0) is 25.3 Å². The first-order valence-corrected chi connectivity index (χ1v) is 17.2. The van der Waals surface area contributed by atoms with Crippen molar-refractivity contribution in [3.63, 3.8) is 0 Å². The van der Waals surface area contributed by atoms with Crippen LogP contribution in [0.15, 0.2) is 97.1 Å². The van der Waals surface area contributed by atoms with Crippen molar-refractivity contribution in [1.29, 1.82) is 0 Å². The van der Waals surface area contributed by atoms with E-state index < -0.39 is 19.3 Å². The maximum absolute atomic E-state index is 13.0. The van der Waals surface area contributed by atoms with Gasteiger partial charge < -0.3 is 18.6 Å². The zero-order valence-electron chi connectivity index (χ0n) is 26.9. The molecule has 5 nitrogen and oxygen atoms in total. The Morgan fingerprint density at radius 1 is 0.860 bits per heavy atom. The van der Waals surface area contributed by atoms with E-state index in [9.17, 15) is 4.79 Å². The fourth-order valence-corrected chi connectivity index (χ4v) is 10.5. The van der Waals surface area contributed by atoms with Gasteiger partial charge >= 0.3 is 5.97 Å². The predicted octanol–water partition coefficient (Wildman–Crippen LogP) is 7.08. The third kappa shape index (κ3) is 7.49. The average molecular weight is 601 g/mol. The predicted molar refractivity (Wildman–Crippen MR) is 176 cm³/mol. The van der Waals surface area contributed by atoms with Gasteiger partial charge in [-0.05, 0) is 66.7 Å². The van der Waals surface area contributed by atoms with E-state index in [1.165, 1.54) is 10.4 Å². The number of carbonyl (C=O) groups is 1. The summed E-state index contributed by atoms with van der Waals surface area (Å²) in [5, 5.41) is 2.31. The molecule has 0 unspecified atom stereocenters. The zero-order chi connectivity index (χ0) is 31.1. The van der Waals surface area contributed by atoms with Gasteiger partial charge in [0.2, 0.25) is 0 Å². The lowest BCUT2D eigenvalue weighted by atomic mass is 9.80. The molecule has 6 heteroatoms. The van der Waals surface area contributed by atoms with Crippen molar-refractivity contribution in [3.8, 4) is 5.75 Å². The van der Waals surface area contributed by atoms with E-state index in [2.05, 4.69) is 93.6 Å². The Hall–Kier alpha value is -3.19. The van der Waals surface area contributed by atoms with Crippen LogP contribution in [0, 0.1) is 11.3 Å². The summed E-state index contributed by atoms with van der Waals surface area (Å²) in [5.41, 5.74) is -0.313. The summed E-state index contributed by atoms with van der Waals surface area (Å²) in [5.74, 6) is 0.449. The summed E-state index contributed by atoms with van der Waals surface area (Å²) in [6.07, 6.45) is 5.98. The van der Waals surface area contributed by atoms with Crippen molar-refractivity contribution in [2.75, 3.05) is 20.3 Å². The number of carbonyl (C=O) groups excluding carboxylic acids is 1. The van der Waals surface area contributed by atoms with Crippen LogP contribution in [0.1, 0.15) is 59.9 Å². The summed E-state index contributed by atoms with van der Waals surface area (Å²) >= 11 is 0. The Kier molecular flexibility index (Phi) is 10.4. The molecule has 0 saturated carbocycles. The van der Waals surface area contributed by atoms with E-state index in [0.29, 0.717) is 13.2 Å². The number of esters is 1. The molecule has 1 aliphatic carbocycles. The van der Waals surface area contributed by atoms with Gasteiger partial charge in [0.15, 0.2) is 0 Å². The molecule has 0 radical (unpaired) electrons. The highest BCUT2D eigenvalue weighted by Crippen LogP contribution is 2.40. The van der Waals surface area contributed by atoms with E-state index >= 15 is 0 Å².